The van der Waals surface area contributed by atoms with Crippen LogP contribution < -0.4 is 10.6 Å². The van der Waals surface area contributed by atoms with Gasteiger partial charge in [-0.2, -0.15) is 0 Å². The number of piperidine rings is 1. The van der Waals surface area contributed by atoms with Gasteiger partial charge in [0.05, 0.1) is 10.6 Å². The standard InChI is InChI=1S/C18H19ClN2O/c19-17-9-8-14(13-5-2-1-3-6-13)11-16(17)18(22)21-15-7-4-10-20-12-15/h1-3,5-6,8-9,11,15,20H,4,7,10,12H2,(H,21,22)/t15-/m0/s1. The van der Waals surface area contributed by atoms with Gasteiger partial charge in [0.15, 0.2) is 0 Å². The minimum Gasteiger partial charge on any atom is -0.348 e. The lowest BCUT2D eigenvalue weighted by molar-refractivity contribution is 0.0931. The molecule has 1 aliphatic rings. The molecule has 3 nitrogen and oxygen atoms in total. The largest absolute Gasteiger partial charge is 0.348 e. The van der Waals surface area contributed by atoms with Crippen molar-refractivity contribution in [3.8, 4) is 11.1 Å². The fourth-order valence-corrected chi connectivity index (χ4v) is 2.95. The molecule has 1 fully saturated rings. The summed E-state index contributed by atoms with van der Waals surface area (Å²) in [5, 5.41) is 6.85. The lowest BCUT2D eigenvalue weighted by Gasteiger charge is -2.24. The zero-order chi connectivity index (χ0) is 15.4. The lowest BCUT2D eigenvalue weighted by Crippen LogP contribution is -2.45. The Morgan fingerprint density at radius 2 is 1.95 bits per heavy atom. The molecule has 1 aliphatic heterocycles. The molecule has 1 saturated heterocycles. The summed E-state index contributed by atoms with van der Waals surface area (Å²) in [5.74, 6) is -0.100. The van der Waals surface area contributed by atoms with Crippen molar-refractivity contribution < 1.29 is 4.79 Å². The Kier molecular flexibility index (Phi) is 4.76. The molecule has 1 atom stereocenters. The molecule has 2 aromatic carbocycles. The number of amides is 1. The molecule has 2 aromatic rings. The van der Waals surface area contributed by atoms with E-state index in [4.69, 9.17) is 11.6 Å². The van der Waals surface area contributed by atoms with E-state index in [9.17, 15) is 4.79 Å². The van der Waals surface area contributed by atoms with Crippen molar-refractivity contribution in [2.45, 2.75) is 18.9 Å². The van der Waals surface area contributed by atoms with Crippen molar-refractivity contribution in [2.75, 3.05) is 13.1 Å². The van der Waals surface area contributed by atoms with E-state index in [1.54, 1.807) is 6.07 Å². The number of carbonyl (C=O) groups is 1. The van der Waals surface area contributed by atoms with Crippen LogP contribution in [0.5, 0.6) is 0 Å². The molecule has 3 rings (SSSR count). The van der Waals surface area contributed by atoms with Crippen LogP contribution >= 0.6 is 11.6 Å². The van der Waals surface area contributed by atoms with E-state index < -0.39 is 0 Å². The van der Waals surface area contributed by atoms with Crippen LogP contribution in [0.15, 0.2) is 48.5 Å². The maximum Gasteiger partial charge on any atom is 0.253 e. The minimum absolute atomic E-state index is 0.100. The van der Waals surface area contributed by atoms with Crippen LogP contribution in [-0.2, 0) is 0 Å². The molecule has 1 amide bonds. The molecule has 2 N–H and O–H groups in total. The predicted octanol–water partition coefficient (Wildman–Crippen LogP) is 3.49. The minimum atomic E-state index is -0.100. The first-order valence-electron chi connectivity index (χ1n) is 7.60. The number of hydrogen-bond acceptors (Lipinski definition) is 2. The molecule has 0 saturated carbocycles. The van der Waals surface area contributed by atoms with E-state index in [1.165, 1.54) is 0 Å². The van der Waals surface area contributed by atoms with Crippen molar-refractivity contribution in [3.63, 3.8) is 0 Å². The molecule has 22 heavy (non-hydrogen) atoms. The summed E-state index contributed by atoms with van der Waals surface area (Å²) in [6.07, 6.45) is 2.09. The molecule has 0 radical (unpaired) electrons. The van der Waals surface area contributed by atoms with Crippen LogP contribution in [0.2, 0.25) is 5.02 Å². The zero-order valence-electron chi connectivity index (χ0n) is 12.3. The Morgan fingerprint density at radius 3 is 2.68 bits per heavy atom. The smallest absolute Gasteiger partial charge is 0.253 e. The molecule has 0 bridgehead atoms. The van der Waals surface area contributed by atoms with Gasteiger partial charge in [0.25, 0.3) is 5.91 Å². The number of halogens is 1. The molecule has 0 unspecified atom stereocenters. The fraction of sp³-hybridized carbons (Fsp3) is 0.278. The van der Waals surface area contributed by atoms with Gasteiger partial charge in [-0.05, 0) is 42.6 Å². The quantitative estimate of drug-likeness (QED) is 0.910. The summed E-state index contributed by atoms with van der Waals surface area (Å²) in [4.78, 5) is 12.5. The topological polar surface area (TPSA) is 41.1 Å². The highest BCUT2D eigenvalue weighted by Gasteiger charge is 2.18. The van der Waals surface area contributed by atoms with Gasteiger partial charge in [-0.15, -0.1) is 0 Å². The highest BCUT2D eigenvalue weighted by molar-refractivity contribution is 6.34. The Morgan fingerprint density at radius 1 is 1.14 bits per heavy atom. The highest BCUT2D eigenvalue weighted by Crippen LogP contribution is 2.25. The Bertz CT molecular complexity index is 651. The monoisotopic (exact) mass is 314 g/mol. The van der Waals surface area contributed by atoms with Crippen molar-refractivity contribution in [2.24, 2.45) is 0 Å². The SMILES string of the molecule is O=C(N[C@H]1CCCNC1)c1cc(-c2ccccc2)ccc1Cl. The summed E-state index contributed by atoms with van der Waals surface area (Å²) in [5.41, 5.74) is 2.61. The second-order valence-corrected chi connectivity index (χ2v) is 5.98. The van der Waals surface area contributed by atoms with Gasteiger partial charge in [-0.25, -0.2) is 0 Å². The summed E-state index contributed by atoms with van der Waals surface area (Å²) in [7, 11) is 0. The molecule has 0 aromatic heterocycles. The van der Waals surface area contributed by atoms with Gasteiger partial charge in [-0.3, -0.25) is 4.79 Å². The number of rotatable bonds is 3. The molecule has 0 spiro atoms. The van der Waals surface area contributed by atoms with Crippen molar-refractivity contribution in [1.29, 1.82) is 0 Å². The number of benzene rings is 2. The van der Waals surface area contributed by atoms with Gasteiger partial charge in [-0.1, -0.05) is 48.0 Å². The third-order valence-electron chi connectivity index (χ3n) is 3.95. The van der Waals surface area contributed by atoms with Crippen LogP contribution in [0.3, 0.4) is 0 Å². The lowest BCUT2D eigenvalue weighted by atomic mass is 10.0. The number of carbonyl (C=O) groups excluding carboxylic acids is 1. The van der Waals surface area contributed by atoms with Crippen molar-refractivity contribution in [3.05, 3.63) is 59.1 Å². The second-order valence-electron chi connectivity index (χ2n) is 5.58. The van der Waals surface area contributed by atoms with E-state index in [1.807, 2.05) is 42.5 Å². The Labute approximate surface area is 135 Å². The van der Waals surface area contributed by atoms with Gasteiger partial charge in [0, 0.05) is 12.6 Å². The van der Waals surface area contributed by atoms with Crippen LogP contribution in [0, 0.1) is 0 Å². The Balaban J connectivity index is 1.81. The molecule has 4 heteroatoms. The van der Waals surface area contributed by atoms with Gasteiger partial charge >= 0.3 is 0 Å². The van der Waals surface area contributed by atoms with Crippen LogP contribution in [-0.4, -0.2) is 25.0 Å². The second kappa shape index (κ2) is 6.95. The van der Waals surface area contributed by atoms with E-state index in [0.717, 1.165) is 37.1 Å². The molecular formula is C18H19ClN2O. The summed E-state index contributed by atoms with van der Waals surface area (Å²) >= 11 is 6.22. The van der Waals surface area contributed by atoms with Crippen LogP contribution in [0.25, 0.3) is 11.1 Å². The summed E-state index contributed by atoms with van der Waals surface area (Å²) in [6.45, 7) is 1.85. The zero-order valence-corrected chi connectivity index (χ0v) is 13.1. The predicted molar refractivity (Wildman–Crippen MR) is 90.2 cm³/mol. The van der Waals surface area contributed by atoms with Crippen molar-refractivity contribution >= 4 is 17.5 Å². The van der Waals surface area contributed by atoms with Crippen LogP contribution in [0.1, 0.15) is 23.2 Å². The number of hydrogen-bond donors (Lipinski definition) is 2. The third kappa shape index (κ3) is 3.49. The molecule has 114 valence electrons. The first-order valence-corrected chi connectivity index (χ1v) is 7.98. The van der Waals surface area contributed by atoms with Gasteiger partial charge < -0.3 is 10.6 Å². The average molecular weight is 315 g/mol. The molecular weight excluding hydrogens is 296 g/mol. The molecule has 0 aliphatic carbocycles. The average Bonchev–Trinajstić information content (AvgIpc) is 2.57. The van der Waals surface area contributed by atoms with E-state index in [-0.39, 0.29) is 11.9 Å². The van der Waals surface area contributed by atoms with E-state index in [2.05, 4.69) is 10.6 Å². The van der Waals surface area contributed by atoms with Gasteiger partial charge in [0.1, 0.15) is 0 Å². The molecule has 1 heterocycles. The van der Waals surface area contributed by atoms with E-state index >= 15 is 0 Å². The third-order valence-corrected chi connectivity index (χ3v) is 4.28. The van der Waals surface area contributed by atoms with Crippen LogP contribution in [0.4, 0.5) is 0 Å². The van der Waals surface area contributed by atoms with Gasteiger partial charge in [0.2, 0.25) is 0 Å². The first-order chi connectivity index (χ1) is 10.7. The summed E-state index contributed by atoms with van der Waals surface area (Å²) < 4.78 is 0. The fourth-order valence-electron chi connectivity index (χ4n) is 2.75. The maximum atomic E-state index is 12.5. The van der Waals surface area contributed by atoms with E-state index in [0.29, 0.717) is 10.6 Å². The van der Waals surface area contributed by atoms with Crippen molar-refractivity contribution in [1.82, 2.24) is 10.6 Å². The Hall–Kier alpha value is -1.84. The first kappa shape index (κ1) is 15.1. The normalized spacial score (nSPS) is 18.0. The summed E-state index contributed by atoms with van der Waals surface area (Å²) in [6, 6.07) is 15.8. The highest BCUT2D eigenvalue weighted by atomic mass is 35.5. The number of nitrogens with one attached hydrogen (secondary N) is 2. The maximum absolute atomic E-state index is 12.5.